The molecule has 0 aliphatic carbocycles. The molecule has 0 atom stereocenters. The topological polar surface area (TPSA) is 71.7 Å². The van der Waals surface area contributed by atoms with Gasteiger partial charge in [0, 0.05) is 38.2 Å². The SMILES string of the molecule is COc1ccc(CCC(=O)N2CCCN(Cc3nc(-c4cccc(C)c4)no3)CC2)cc1. The number of hydrogen-bond acceptors (Lipinski definition) is 6. The second-order valence-corrected chi connectivity index (χ2v) is 8.24. The van der Waals surface area contributed by atoms with Crippen molar-refractivity contribution in [1.82, 2.24) is 19.9 Å². The van der Waals surface area contributed by atoms with Gasteiger partial charge in [0.25, 0.3) is 0 Å². The van der Waals surface area contributed by atoms with E-state index in [-0.39, 0.29) is 5.91 Å². The summed E-state index contributed by atoms with van der Waals surface area (Å²) in [5.41, 5.74) is 3.28. The molecule has 4 rings (SSSR count). The van der Waals surface area contributed by atoms with Crippen molar-refractivity contribution in [2.45, 2.75) is 32.7 Å². The maximum Gasteiger partial charge on any atom is 0.241 e. The van der Waals surface area contributed by atoms with Gasteiger partial charge in [-0.15, -0.1) is 0 Å². The first-order valence-electron chi connectivity index (χ1n) is 11.1. The number of rotatable bonds is 7. The van der Waals surface area contributed by atoms with E-state index >= 15 is 0 Å². The van der Waals surface area contributed by atoms with E-state index in [4.69, 9.17) is 9.26 Å². The smallest absolute Gasteiger partial charge is 0.241 e. The second-order valence-electron chi connectivity index (χ2n) is 8.24. The fourth-order valence-corrected chi connectivity index (χ4v) is 3.99. The van der Waals surface area contributed by atoms with Crippen LogP contribution < -0.4 is 4.74 Å². The number of aromatic nitrogens is 2. The van der Waals surface area contributed by atoms with E-state index in [0.717, 1.165) is 61.5 Å². The van der Waals surface area contributed by atoms with E-state index in [1.807, 2.05) is 54.3 Å². The van der Waals surface area contributed by atoms with Crippen LogP contribution in [0.2, 0.25) is 0 Å². The molecule has 1 aromatic heterocycles. The molecule has 7 nitrogen and oxygen atoms in total. The van der Waals surface area contributed by atoms with Gasteiger partial charge in [-0.25, -0.2) is 0 Å². The molecule has 0 spiro atoms. The average Bonchev–Trinajstić information content (AvgIpc) is 3.15. The van der Waals surface area contributed by atoms with Crippen LogP contribution in [0.5, 0.6) is 5.75 Å². The van der Waals surface area contributed by atoms with Gasteiger partial charge >= 0.3 is 0 Å². The highest BCUT2D eigenvalue weighted by molar-refractivity contribution is 5.76. The highest BCUT2D eigenvalue weighted by Gasteiger charge is 2.21. The quantitative estimate of drug-likeness (QED) is 0.564. The molecule has 1 fully saturated rings. The summed E-state index contributed by atoms with van der Waals surface area (Å²) in [4.78, 5) is 21.6. The van der Waals surface area contributed by atoms with Crippen molar-refractivity contribution in [1.29, 1.82) is 0 Å². The van der Waals surface area contributed by atoms with Crippen LogP contribution in [0.4, 0.5) is 0 Å². The molecule has 0 N–H and O–H groups in total. The molecule has 168 valence electrons. The summed E-state index contributed by atoms with van der Waals surface area (Å²) in [6, 6.07) is 16.0. The summed E-state index contributed by atoms with van der Waals surface area (Å²) < 4.78 is 10.7. The molecular weight excluding hydrogens is 404 g/mol. The molecule has 1 aliphatic rings. The Labute approximate surface area is 189 Å². The zero-order valence-electron chi connectivity index (χ0n) is 18.8. The third kappa shape index (κ3) is 5.73. The fourth-order valence-electron chi connectivity index (χ4n) is 3.99. The summed E-state index contributed by atoms with van der Waals surface area (Å²) in [7, 11) is 1.66. The number of aryl methyl sites for hydroxylation is 2. The number of nitrogens with zero attached hydrogens (tertiary/aromatic N) is 4. The largest absolute Gasteiger partial charge is 0.497 e. The molecule has 1 amide bonds. The Hall–Kier alpha value is -3.19. The maximum atomic E-state index is 12.7. The van der Waals surface area contributed by atoms with E-state index in [0.29, 0.717) is 24.7 Å². The molecule has 0 unspecified atom stereocenters. The normalized spacial score (nSPS) is 14.9. The monoisotopic (exact) mass is 434 g/mol. The lowest BCUT2D eigenvalue weighted by molar-refractivity contribution is -0.131. The van der Waals surface area contributed by atoms with Crippen molar-refractivity contribution >= 4 is 5.91 Å². The highest BCUT2D eigenvalue weighted by Crippen LogP contribution is 2.18. The van der Waals surface area contributed by atoms with Crippen molar-refractivity contribution in [2.24, 2.45) is 0 Å². The minimum atomic E-state index is 0.210. The van der Waals surface area contributed by atoms with Crippen LogP contribution in [0, 0.1) is 6.92 Å². The molecular formula is C25H30N4O3. The van der Waals surface area contributed by atoms with Gasteiger partial charge in [0.2, 0.25) is 17.6 Å². The predicted octanol–water partition coefficient (Wildman–Crippen LogP) is 3.72. The third-order valence-corrected chi connectivity index (χ3v) is 5.83. The molecule has 2 heterocycles. The summed E-state index contributed by atoms with van der Waals surface area (Å²) in [6.07, 6.45) is 2.20. The molecule has 2 aromatic carbocycles. The first kappa shape index (κ1) is 22.0. The molecule has 7 heteroatoms. The zero-order valence-corrected chi connectivity index (χ0v) is 18.8. The van der Waals surface area contributed by atoms with Crippen molar-refractivity contribution in [3.63, 3.8) is 0 Å². The van der Waals surface area contributed by atoms with E-state index in [2.05, 4.69) is 21.1 Å². The molecule has 0 saturated carbocycles. The van der Waals surface area contributed by atoms with Crippen LogP contribution in [0.3, 0.4) is 0 Å². The number of amides is 1. The van der Waals surface area contributed by atoms with E-state index in [1.165, 1.54) is 0 Å². The first-order valence-corrected chi connectivity index (χ1v) is 11.1. The van der Waals surface area contributed by atoms with Crippen molar-refractivity contribution < 1.29 is 14.1 Å². The average molecular weight is 435 g/mol. The number of methoxy groups -OCH3 is 1. The molecule has 1 saturated heterocycles. The van der Waals surface area contributed by atoms with Gasteiger partial charge in [-0.2, -0.15) is 4.98 Å². The fraction of sp³-hybridized carbons (Fsp3) is 0.400. The number of carbonyl (C=O) groups excluding carboxylic acids is 1. The van der Waals surface area contributed by atoms with Gasteiger partial charge in [-0.05, 0) is 43.5 Å². The molecule has 3 aromatic rings. The second kappa shape index (κ2) is 10.4. The Kier molecular flexibility index (Phi) is 7.17. The van der Waals surface area contributed by atoms with Crippen molar-refractivity contribution in [2.75, 3.05) is 33.3 Å². The third-order valence-electron chi connectivity index (χ3n) is 5.83. The van der Waals surface area contributed by atoms with Crippen LogP contribution in [-0.2, 0) is 17.8 Å². The highest BCUT2D eigenvalue weighted by atomic mass is 16.5. The first-order chi connectivity index (χ1) is 15.6. The number of ether oxygens (including phenoxy) is 1. The Balaban J connectivity index is 1.27. The van der Waals surface area contributed by atoms with Gasteiger partial charge in [-0.1, -0.05) is 41.1 Å². The van der Waals surface area contributed by atoms with E-state index in [9.17, 15) is 4.79 Å². The predicted molar refractivity (Wildman–Crippen MR) is 122 cm³/mol. The van der Waals surface area contributed by atoms with Crippen LogP contribution in [0.25, 0.3) is 11.4 Å². The lowest BCUT2D eigenvalue weighted by Crippen LogP contribution is -2.35. The summed E-state index contributed by atoms with van der Waals surface area (Å²) >= 11 is 0. The van der Waals surface area contributed by atoms with Gasteiger partial charge in [0.15, 0.2) is 0 Å². The van der Waals surface area contributed by atoms with Crippen LogP contribution in [-0.4, -0.2) is 59.1 Å². The molecule has 1 aliphatic heterocycles. The number of carbonyl (C=O) groups is 1. The molecule has 0 bridgehead atoms. The van der Waals surface area contributed by atoms with Crippen molar-refractivity contribution in [3.8, 4) is 17.1 Å². The maximum absolute atomic E-state index is 12.7. The van der Waals surface area contributed by atoms with Crippen molar-refractivity contribution in [3.05, 3.63) is 65.5 Å². The standard InChI is InChI=1S/C25H30N4O3/c1-19-5-3-6-21(17-19)25-26-23(32-27-25)18-28-13-4-14-29(16-15-28)24(30)12-9-20-7-10-22(31-2)11-8-20/h3,5-8,10-11,17H,4,9,12-16,18H2,1-2H3. The van der Waals surface area contributed by atoms with Gasteiger partial charge in [-0.3, -0.25) is 9.69 Å². The van der Waals surface area contributed by atoms with Crippen LogP contribution in [0.1, 0.15) is 29.9 Å². The lowest BCUT2D eigenvalue weighted by atomic mass is 10.1. The van der Waals surface area contributed by atoms with Gasteiger partial charge < -0.3 is 14.2 Å². The zero-order chi connectivity index (χ0) is 22.3. The van der Waals surface area contributed by atoms with Crippen LogP contribution >= 0.6 is 0 Å². The Morgan fingerprint density at radius 1 is 1.09 bits per heavy atom. The Morgan fingerprint density at radius 3 is 2.72 bits per heavy atom. The van der Waals surface area contributed by atoms with Gasteiger partial charge in [0.05, 0.1) is 13.7 Å². The lowest BCUT2D eigenvalue weighted by Gasteiger charge is -2.21. The van der Waals surface area contributed by atoms with Crippen LogP contribution in [0.15, 0.2) is 53.1 Å². The minimum absolute atomic E-state index is 0.210. The molecule has 0 radical (unpaired) electrons. The summed E-state index contributed by atoms with van der Waals surface area (Å²) in [6.45, 7) is 5.87. The number of benzene rings is 2. The Bertz CT molecular complexity index is 1030. The number of hydrogen-bond donors (Lipinski definition) is 0. The van der Waals surface area contributed by atoms with Gasteiger partial charge in [0.1, 0.15) is 5.75 Å². The van der Waals surface area contributed by atoms with E-state index in [1.54, 1.807) is 7.11 Å². The Morgan fingerprint density at radius 2 is 1.94 bits per heavy atom. The summed E-state index contributed by atoms with van der Waals surface area (Å²) in [5.74, 6) is 2.27. The van der Waals surface area contributed by atoms with E-state index < -0.39 is 0 Å². The molecule has 32 heavy (non-hydrogen) atoms. The summed E-state index contributed by atoms with van der Waals surface area (Å²) in [5, 5.41) is 4.14. The minimum Gasteiger partial charge on any atom is -0.497 e.